The SMILES string of the molecule is C=[C-][Si](C)(C)O[Si](C)(C)C=C.[CH3-].[CH3-].[Pt]. The molecule has 0 bridgehead atoms. The van der Waals surface area contributed by atoms with Gasteiger partial charge < -0.3 is 24.7 Å². The van der Waals surface area contributed by atoms with Gasteiger partial charge in [-0.3, -0.25) is 6.58 Å². The quantitative estimate of drug-likeness (QED) is 0.509. The van der Waals surface area contributed by atoms with E-state index >= 15 is 0 Å². The van der Waals surface area contributed by atoms with Gasteiger partial charge in [0.15, 0.2) is 8.32 Å². The zero-order valence-corrected chi connectivity index (χ0v) is 14.5. The minimum Gasteiger partial charge on any atom is -0.479 e. The molecule has 0 heterocycles. The van der Waals surface area contributed by atoms with Crippen LogP contribution in [0.25, 0.3) is 0 Å². The maximum atomic E-state index is 5.91. The molecule has 0 aromatic heterocycles. The molecule has 90 valence electrons. The third-order valence-electron chi connectivity index (χ3n) is 1.44. The summed E-state index contributed by atoms with van der Waals surface area (Å²) in [7, 11) is -3.31. The molecule has 0 fully saturated rings. The van der Waals surface area contributed by atoms with Crippen molar-refractivity contribution in [2.45, 2.75) is 26.2 Å². The Bertz CT molecular complexity index is 150. The molecular weight excluding hydrogens is 387 g/mol. The van der Waals surface area contributed by atoms with Crippen LogP contribution in [0.2, 0.25) is 26.2 Å². The van der Waals surface area contributed by atoms with E-state index in [1.807, 2.05) is 5.70 Å². The Morgan fingerprint density at radius 3 is 1.71 bits per heavy atom. The summed E-state index contributed by atoms with van der Waals surface area (Å²) >= 11 is 0. The summed E-state index contributed by atoms with van der Waals surface area (Å²) in [6, 6.07) is 0. The molecule has 0 aromatic rings. The van der Waals surface area contributed by atoms with Crippen LogP contribution in [-0.4, -0.2) is 16.6 Å². The van der Waals surface area contributed by atoms with Crippen LogP contribution in [0.3, 0.4) is 0 Å². The minimum atomic E-state index is -1.70. The van der Waals surface area contributed by atoms with Crippen molar-refractivity contribution < 1.29 is 25.2 Å². The van der Waals surface area contributed by atoms with Crippen LogP contribution in [0.4, 0.5) is 0 Å². The van der Waals surface area contributed by atoms with Crippen LogP contribution in [0, 0.1) is 20.6 Å². The van der Waals surface area contributed by atoms with Crippen molar-refractivity contribution in [3.63, 3.8) is 0 Å². The molecule has 14 heavy (non-hydrogen) atoms. The Balaban J connectivity index is -0.000000167. The van der Waals surface area contributed by atoms with E-state index in [2.05, 4.69) is 45.0 Å². The fourth-order valence-corrected chi connectivity index (χ4v) is 6.62. The monoisotopic (exact) mass is 410 g/mol. The zero-order valence-electron chi connectivity index (χ0n) is 10.2. The summed E-state index contributed by atoms with van der Waals surface area (Å²) in [6.45, 7) is 15.9. The average molecular weight is 411 g/mol. The van der Waals surface area contributed by atoms with E-state index < -0.39 is 16.6 Å². The van der Waals surface area contributed by atoms with Crippen molar-refractivity contribution in [1.82, 2.24) is 0 Å². The Kier molecular flexibility index (Phi) is 15.2. The molecular formula is C10H23OPtSi2-3. The van der Waals surface area contributed by atoms with Gasteiger partial charge in [0.1, 0.15) is 0 Å². The van der Waals surface area contributed by atoms with Crippen LogP contribution in [0.15, 0.2) is 18.9 Å². The summed E-state index contributed by atoms with van der Waals surface area (Å²) in [5, 5.41) is 0. The largest absolute Gasteiger partial charge is 0.479 e. The third-order valence-corrected chi connectivity index (χ3v) is 7.42. The molecule has 0 N–H and O–H groups in total. The summed E-state index contributed by atoms with van der Waals surface area (Å²) in [6.07, 6.45) is 0. The summed E-state index contributed by atoms with van der Waals surface area (Å²) in [5.41, 5.74) is 4.93. The number of hydrogen-bond donors (Lipinski definition) is 0. The summed E-state index contributed by atoms with van der Waals surface area (Å²) in [4.78, 5) is 0. The van der Waals surface area contributed by atoms with E-state index in [1.54, 1.807) is 0 Å². The van der Waals surface area contributed by atoms with Crippen molar-refractivity contribution in [2.75, 3.05) is 0 Å². The first-order chi connectivity index (χ1) is 4.83. The second-order valence-electron chi connectivity index (χ2n) is 3.60. The fourth-order valence-electron chi connectivity index (χ4n) is 0.735. The van der Waals surface area contributed by atoms with Crippen LogP contribution in [0.5, 0.6) is 0 Å². The van der Waals surface area contributed by atoms with Gasteiger partial charge >= 0.3 is 0 Å². The Morgan fingerprint density at radius 1 is 1.14 bits per heavy atom. The predicted octanol–water partition coefficient (Wildman–Crippen LogP) is 3.56. The molecule has 0 saturated carbocycles. The standard InChI is InChI=1S/C8H17OSi2.2CH3.Pt/c1-7-10(3,4)9-11(5,6)8-2;;;/h7H,1-2H2,3-6H3;2*1H3;/q3*-1;. The molecule has 0 aliphatic rings. The fraction of sp³-hybridized carbons (Fsp3) is 0.400. The molecule has 0 amide bonds. The first-order valence-electron chi connectivity index (χ1n) is 3.71. The van der Waals surface area contributed by atoms with E-state index in [0.717, 1.165) is 0 Å². The Hall–Kier alpha value is 0.562. The second kappa shape index (κ2) is 8.84. The molecule has 0 rings (SSSR count). The van der Waals surface area contributed by atoms with Crippen molar-refractivity contribution in [2.24, 2.45) is 0 Å². The number of rotatable bonds is 4. The van der Waals surface area contributed by atoms with Gasteiger partial charge in [0.25, 0.3) is 0 Å². The maximum Gasteiger partial charge on any atom is 0.196 e. The molecule has 0 aliphatic heterocycles. The molecule has 0 radical (unpaired) electrons. The van der Waals surface area contributed by atoms with Crippen LogP contribution in [0.1, 0.15) is 0 Å². The van der Waals surface area contributed by atoms with Crippen molar-refractivity contribution >= 4 is 16.6 Å². The molecule has 1 nitrogen and oxygen atoms in total. The van der Waals surface area contributed by atoms with Crippen LogP contribution < -0.4 is 0 Å². The van der Waals surface area contributed by atoms with Crippen LogP contribution in [-0.2, 0) is 25.2 Å². The average Bonchev–Trinajstić information content (AvgIpc) is 1.86. The second-order valence-corrected chi connectivity index (χ2v) is 11.4. The smallest absolute Gasteiger partial charge is 0.196 e. The Morgan fingerprint density at radius 2 is 1.50 bits per heavy atom. The van der Waals surface area contributed by atoms with Crippen molar-refractivity contribution in [1.29, 1.82) is 0 Å². The molecule has 0 spiro atoms. The molecule has 0 aliphatic carbocycles. The Labute approximate surface area is 107 Å². The molecule has 0 unspecified atom stereocenters. The molecule has 4 heteroatoms. The van der Waals surface area contributed by atoms with Gasteiger partial charge in [-0.05, 0) is 13.1 Å². The van der Waals surface area contributed by atoms with Crippen molar-refractivity contribution in [3.8, 4) is 0 Å². The normalized spacial score (nSPS) is 10.0. The first kappa shape index (κ1) is 24.0. The summed E-state index contributed by atoms with van der Waals surface area (Å²) < 4.78 is 5.91. The number of hydrogen-bond acceptors (Lipinski definition) is 1. The van der Waals surface area contributed by atoms with Gasteiger partial charge in [0.05, 0.1) is 0 Å². The maximum absolute atomic E-state index is 5.91. The summed E-state index contributed by atoms with van der Waals surface area (Å²) in [5.74, 6) is 0. The van der Waals surface area contributed by atoms with Gasteiger partial charge in [-0.25, -0.2) is 0 Å². The molecule has 0 atom stereocenters. The third kappa shape index (κ3) is 10.6. The van der Waals surface area contributed by atoms with Crippen molar-refractivity contribution in [3.05, 3.63) is 39.4 Å². The zero-order chi connectivity index (χ0) is 9.12. The molecule has 0 aromatic carbocycles. The predicted molar refractivity (Wildman–Crippen MR) is 67.9 cm³/mol. The topological polar surface area (TPSA) is 9.23 Å². The van der Waals surface area contributed by atoms with Gasteiger partial charge in [-0.2, -0.15) is 0 Å². The van der Waals surface area contributed by atoms with Gasteiger partial charge in [0.2, 0.25) is 0 Å². The van der Waals surface area contributed by atoms with Crippen LogP contribution >= 0.6 is 0 Å². The van der Waals surface area contributed by atoms with Gasteiger partial charge in [0, 0.05) is 29.4 Å². The first-order valence-corrected chi connectivity index (χ1v) is 9.60. The van der Waals surface area contributed by atoms with E-state index in [1.165, 1.54) is 0 Å². The van der Waals surface area contributed by atoms with E-state index in [0.29, 0.717) is 0 Å². The van der Waals surface area contributed by atoms with Gasteiger partial charge in [-0.15, -0.1) is 6.58 Å². The molecule has 0 saturated heterocycles. The van der Waals surface area contributed by atoms with E-state index in [4.69, 9.17) is 4.12 Å². The minimum absolute atomic E-state index is 0. The van der Waals surface area contributed by atoms with E-state index in [9.17, 15) is 0 Å². The van der Waals surface area contributed by atoms with E-state index in [-0.39, 0.29) is 35.9 Å². The van der Waals surface area contributed by atoms with Gasteiger partial charge in [-0.1, -0.05) is 18.8 Å².